The van der Waals surface area contributed by atoms with Gasteiger partial charge >= 0.3 is 0 Å². The zero-order valence-electron chi connectivity index (χ0n) is 31.1. The van der Waals surface area contributed by atoms with Crippen molar-refractivity contribution >= 4 is 125 Å². The first-order chi connectivity index (χ1) is 28.7. The van der Waals surface area contributed by atoms with E-state index in [9.17, 15) is 0 Å². The molecular formula is C54H31NO2S. The van der Waals surface area contributed by atoms with E-state index in [0.717, 1.165) is 72.1 Å². The van der Waals surface area contributed by atoms with Gasteiger partial charge in [-0.2, -0.15) is 0 Å². The Labute approximate surface area is 336 Å². The van der Waals surface area contributed by atoms with Crippen LogP contribution < -0.4 is 4.90 Å². The average molecular weight is 758 g/mol. The molecule has 0 saturated heterocycles. The van der Waals surface area contributed by atoms with Crippen LogP contribution in [-0.4, -0.2) is 0 Å². The number of hydrogen-bond donors (Lipinski definition) is 0. The molecule has 0 bridgehead atoms. The molecule has 0 N–H and O–H groups in total. The van der Waals surface area contributed by atoms with Crippen molar-refractivity contribution in [3.63, 3.8) is 0 Å². The zero-order chi connectivity index (χ0) is 37.9. The van der Waals surface area contributed by atoms with Gasteiger partial charge < -0.3 is 13.7 Å². The predicted molar refractivity (Wildman–Crippen MR) is 247 cm³/mol. The van der Waals surface area contributed by atoms with Gasteiger partial charge in [0.1, 0.15) is 22.3 Å². The minimum atomic E-state index is 0.850. The van der Waals surface area contributed by atoms with Crippen molar-refractivity contribution in [1.29, 1.82) is 0 Å². The van der Waals surface area contributed by atoms with E-state index in [1.54, 1.807) is 0 Å². The smallest absolute Gasteiger partial charge is 0.137 e. The lowest BCUT2D eigenvalue weighted by molar-refractivity contribution is 0.668. The van der Waals surface area contributed by atoms with Crippen molar-refractivity contribution in [2.24, 2.45) is 0 Å². The molecule has 3 nitrogen and oxygen atoms in total. The van der Waals surface area contributed by atoms with Crippen LogP contribution in [0.4, 0.5) is 17.1 Å². The van der Waals surface area contributed by atoms with Gasteiger partial charge in [0.2, 0.25) is 0 Å². The van der Waals surface area contributed by atoms with Crippen LogP contribution in [0.1, 0.15) is 0 Å². The standard InChI is InChI=1S/C54H31NO2S/c1-3-14-36-34(12-1)35-13-2-4-15-37(35)43-31-47(41(30-42(36)43)32-24-27-53-45(28-32)39-17-7-10-23-52(39)58-53)55(33-25-26-50-44(29-33)38-16-5-8-20-48(38)56-50)46-19-11-22-51-54(46)40-18-6-9-21-49(40)57-51/h1-31H. The van der Waals surface area contributed by atoms with E-state index in [4.69, 9.17) is 8.83 Å². The SMILES string of the molecule is c1ccc2c(c1)oc1ccc(N(c3cc4c5ccccc5c5ccccc5c4cc3-c3ccc4sc5ccccc5c4c3)c3cccc4oc5ccccc5c34)cc12. The first-order valence-electron chi connectivity index (χ1n) is 19.7. The highest BCUT2D eigenvalue weighted by Crippen LogP contribution is 2.50. The van der Waals surface area contributed by atoms with Crippen LogP contribution in [0.25, 0.3) is 107 Å². The maximum atomic E-state index is 6.56. The van der Waals surface area contributed by atoms with Crippen LogP contribution in [0.15, 0.2) is 197 Å². The minimum absolute atomic E-state index is 0.850. The summed E-state index contributed by atoms with van der Waals surface area (Å²) in [5, 5.41) is 14.3. The summed E-state index contributed by atoms with van der Waals surface area (Å²) >= 11 is 1.85. The van der Waals surface area contributed by atoms with Gasteiger partial charge in [-0.25, -0.2) is 0 Å². The molecule has 3 heterocycles. The highest BCUT2D eigenvalue weighted by molar-refractivity contribution is 7.25. The second kappa shape index (κ2) is 12.1. The highest BCUT2D eigenvalue weighted by atomic mass is 32.1. The van der Waals surface area contributed by atoms with E-state index < -0.39 is 0 Å². The van der Waals surface area contributed by atoms with Crippen LogP contribution in [-0.2, 0) is 0 Å². The Bertz CT molecular complexity index is 3830. The molecule has 13 rings (SSSR count). The number of benzene rings is 10. The summed E-state index contributed by atoms with van der Waals surface area (Å²) in [5.41, 5.74) is 8.92. The van der Waals surface area contributed by atoms with Crippen LogP contribution in [0.2, 0.25) is 0 Å². The summed E-state index contributed by atoms with van der Waals surface area (Å²) in [7, 11) is 0. The van der Waals surface area contributed by atoms with E-state index >= 15 is 0 Å². The van der Waals surface area contributed by atoms with E-state index in [1.807, 2.05) is 29.5 Å². The summed E-state index contributed by atoms with van der Waals surface area (Å²) in [6.45, 7) is 0. The predicted octanol–water partition coefficient (Wildman–Crippen LogP) is 16.4. The molecule has 270 valence electrons. The molecule has 0 amide bonds. The molecule has 0 aliphatic heterocycles. The molecule has 0 unspecified atom stereocenters. The normalized spacial score (nSPS) is 12.1. The number of nitrogens with zero attached hydrogens (tertiary/aromatic N) is 1. The zero-order valence-corrected chi connectivity index (χ0v) is 31.9. The number of hydrogen-bond acceptors (Lipinski definition) is 4. The third-order valence-corrected chi connectivity index (χ3v) is 13.2. The average Bonchev–Trinajstić information content (AvgIpc) is 3.98. The van der Waals surface area contributed by atoms with Crippen molar-refractivity contribution in [2.45, 2.75) is 0 Å². The van der Waals surface area contributed by atoms with Crippen LogP contribution in [0, 0.1) is 0 Å². The Morgan fingerprint density at radius 3 is 1.67 bits per heavy atom. The van der Waals surface area contributed by atoms with Gasteiger partial charge in [0.05, 0.1) is 16.8 Å². The number of rotatable bonds is 4. The van der Waals surface area contributed by atoms with Crippen molar-refractivity contribution in [3.05, 3.63) is 188 Å². The molecule has 58 heavy (non-hydrogen) atoms. The molecule has 10 aromatic carbocycles. The molecule has 0 spiro atoms. The second-order valence-corrected chi connectivity index (χ2v) is 16.3. The molecule has 0 aliphatic carbocycles. The summed E-state index contributed by atoms with van der Waals surface area (Å²) in [5.74, 6) is 0. The molecule has 4 heteroatoms. The number of para-hydroxylation sites is 2. The number of thiophene rings is 1. The van der Waals surface area contributed by atoms with Crippen molar-refractivity contribution < 1.29 is 8.83 Å². The summed E-state index contributed by atoms with van der Waals surface area (Å²) in [4.78, 5) is 2.46. The van der Waals surface area contributed by atoms with E-state index in [0.29, 0.717) is 0 Å². The third-order valence-electron chi connectivity index (χ3n) is 12.0. The lowest BCUT2D eigenvalue weighted by atomic mass is 9.90. The van der Waals surface area contributed by atoms with Gasteiger partial charge in [0.15, 0.2) is 0 Å². The van der Waals surface area contributed by atoms with Crippen LogP contribution in [0.3, 0.4) is 0 Å². The van der Waals surface area contributed by atoms with E-state index in [2.05, 4.69) is 175 Å². The van der Waals surface area contributed by atoms with Gasteiger partial charge in [-0.15, -0.1) is 11.3 Å². The first kappa shape index (κ1) is 31.8. The van der Waals surface area contributed by atoms with Gasteiger partial charge in [-0.05, 0) is 111 Å². The topological polar surface area (TPSA) is 29.5 Å². The molecule has 0 atom stereocenters. The lowest BCUT2D eigenvalue weighted by Crippen LogP contribution is -2.12. The van der Waals surface area contributed by atoms with E-state index in [-0.39, 0.29) is 0 Å². The Morgan fingerprint density at radius 1 is 0.328 bits per heavy atom. The third kappa shape index (κ3) is 4.55. The monoisotopic (exact) mass is 757 g/mol. The summed E-state index contributed by atoms with van der Waals surface area (Å²) < 4.78 is 15.5. The molecule has 0 aliphatic rings. The summed E-state index contributed by atoms with van der Waals surface area (Å²) in [6, 6.07) is 68.1. The summed E-state index contributed by atoms with van der Waals surface area (Å²) in [6.07, 6.45) is 0. The molecular weight excluding hydrogens is 727 g/mol. The lowest BCUT2D eigenvalue weighted by Gasteiger charge is -2.29. The molecule has 0 fully saturated rings. The minimum Gasteiger partial charge on any atom is -0.456 e. The van der Waals surface area contributed by atoms with Crippen molar-refractivity contribution in [3.8, 4) is 11.1 Å². The fourth-order valence-corrected chi connectivity index (χ4v) is 10.5. The number of anilines is 3. The maximum absolute atomic E-state index is 6.56. The Balaban J connectivity index is 1.21. The fraction of sp³-hybridized carbons (Fsp3) is 0. The van der Waals surface area contributed by atoms with Crippen molar-refractivity contribution in [1.82, 2.24) is 0 Å². The quantitative estimate of drug-likeness (QED) is 0.167. The van der Waals surface area contributed by atoms with Gasteiger partial charge in [-0.3, -0.25) is 0 Å². The Morgan fingerprint density at radius 2 is 0.897 bits per heavy atom. The Hall–Kier alpha value is -7.40. The second-order valence-electron chi connectivity index (χ2n) is 15.2. The molecule has 0 radical (unpaired) electrons. The Kier molecular flexibility index (Phi) is 6.60. The van der Waals surface area contributed by atoms with Crippen LogP contribution in [0.5, 0.6) is 0 Å². The number of fused-ring (bicyclic) bond motifs is 15. The fourth-order valence-electron chi connectivity index (χ4n) is 9.45. The van der Waals surface area contributed by atoms with Crippen LogP contribution >= 0.6 is 11.3 Å². The molecule has 3 aromatic heterocycles. The van der Waals surface area contributed by atoms with Gasteiger partial charge in [-0.1, -0.05) is 115 Å². The highest BCUT2D eigenvalue weighted by Gasteiger charge is 2.25. The molecule has 13 aromatic rings. The van der Waals surface area contributed by atoms with Gasteiger partial charge in [0, 0.05) is 47.6 Å². The number of furan rings is 2. The first-order valence-corrected chi connectivity index (χ1v) is 20.5. The maximum Gasteiger partial charge on any atom is 0.137 e. The van der Waals surface area contributed by atoms with E-state index in [1.165, 1.54) is 52.5 Å². The molecule has 0 saturated carbocycles. The largest absolute Gasteiger partial charge is 0.456 e. The van der Waals surface area contributed by atoms with Gasteiger partial charge in [0.25, 0.3) is 0 Å². The van der Waals surface area contributed by atoms with Crippen molar-refractivity contribution in [2.75, 3.05) is 4.90 Å².